The molecule has 1 rings (SSSR count). The molecule has 0 fully saturated rings. The minimum atomic E-state index is -2.11. The first kappa shape index (κ1) is 9.54. The molecule has 1 aromatic rings. The van der Waals surface area contributed by atoms with Gasteiger partial charge in [0.1, 0.15) is 4.74 Å². The smallest absolute Gasteiger partial charge is 0.0680 e. The summed E-state index contributed by atoms with van der Waals surface area (Å²) in [5.41, 5.74) is 1.11. The normalized spacial score (nSPS) is 11.5. The first-order chi connectivity index (χ1) is 5.08. The molecule has 0 saturated carbocycles. The maximum atomic E-state index is 5.76. The molecular weight excluding hydrogens is 218 g/mol. The van der Waals surface area contributed by atoms with Crippen LogP contribution in [0.15, 0.2) is 30.3 Å². The molecule has 0 amide bonds. The average molecular weight is 225 g/mol. The molecule has 0 spiro atoms. The molecule has 0 atom stereocenters. The highest BCUT2D eigenvalue weighted by atomic mass is 35.9. The van der Waals surface area contributed by atoms with Gasteiger partial charge in [-0.05, 0) is 5.56 Å². The number of hydrogen-bond acceptors (Lipinski definition) is 1. The SMILES string of the molecule is S=P(Cl)(Cl)Cc1ccccc1. The van der Waals surface area contributed by atoms with Crippen molar-refractivity contribution in [1.82, 2.24) is 0 Å². The van der Waals surface area contributed by atoms with E-state index in [2.05, 4.69) is 0 Å². The highest BCUT2D eigenvalue weighted by Crippen LogP contribution is 2.59. The van der Waals surface area contributed by atoms with Crippen molar-refractivity contribution >= 4 is 39.0 Å². The lowest BCUT2D eigenvalue weighted by molar-refractivity contribution is 1.41. The third kappa shape index (κ3) is 4.12. The Morgan fingerprint density at radius 3 is 2.18 bits per heavy atom. The highest BCUT2D eigenvalue weighted by Gasteiger charge is 2.08. The number of halogens is 2. The van der Waals surface area contributed by atoms with Gasteiger partial charge < -0.3 is 0 Å². The Kier molecular flexibility index (Phi) is 3.39. The third-order valence-electron chi connectivity index (χ3n) is 1.21. The lowest BCUT2D eigenvalue weighted by Gasteiger charge is -2.03. The van der Waals surface area contributed by atoms with Crippen LogP contribution in [0.3, 0.4) is 0 Å². The number of rotatable bonds is 2. The summed E-state index contributed by atoms with van der Waals surface area (Å²) in [7, 11) is 0. The van der Waals surface area contributed by atoms with E-state index in [-0.39, 0.29) is 0 Å². The lowest BCUT2D eigenvalue weighted by atomic mass is 10.2. The van der Waals surface area contributed by atoms with E-state index >= 15 is 0 Å². The summed E-state index contributed by atoms with van der Waals surface area (Å²) in [6.07, 6.45) is 0.617. The third-order valence-corrected chi connectivity index (χ3v) is 3.05. The summed E-state index contributed by atoms with van der Waals surface area (Å²) >= 11 is 16.4. The Bertz CT molecular complexity index is 267. The van der Waals surface area contributed by atoms with Crippen LogP contribution in [0.1, 0.15) is 5.56 Å². The van der Waals surface area contributed by atoms with E-state index in [1.807, 2.05) is 30.3 Å². The Balaban J connectivity index is 2.74. The van der Waals surface area contributed by atoms with Crippen LogP contribution < -0.4 is 0 Å². The maximum Gasteiger partial charge on any atom is 0.124 e. The molecular formula is C7H7Cl2PS. The molecule has 11 heavy (non-hydrogen) atoms. The van der Waals surface area contributed by atoms with E-state index < -0.39 is 4.74 Å². The van der Waals surface area contributed by atoms with Gasteiger partial charge in [0.05, 0.1) is 0 Å². The first-order valence-corrected chi connectivity index (χ1v) is 7.90. The molecule has 60 valence electrons. The van der Waals surface area contributed by atoms with Crippen molar-refractivity contribution in [2.75, 3.05) is 0 Å². The lowest BCUT2D eigenvalue weighted by Crippen LogP contribution is -1.77. The number of hydrogen-bond donors (Lipinski definition) is 0. The zero-order valence-electron chi connectivity index (χ0n) is 5.71. The zero-order valence-corrected chi connectivity index (χ0v) is 8.93. The molecule has 0 bridgehead atoms. The van der Waals surface area contributed by atoms with Crippen molar-refractivity contribution < 1.29 is 0 Å². The van der Waals surface area contributed by atoms with Crippen LogP contribution in [-0.4, -0.2) is 0 Å². The van der Waals surface area contributed by atoms with Crippen molar-refractivity contribution in [3.8, 4) is 0 Å². The first-order valence-electron chi connectivity index (χ1n) is 3.10. The van der Waals surface area contributed by atoms with Gasteiger partial charge in [0, 0.05) is 6.16 Å². The summed E-state index contributed by atoms with van der Waals surface area (Å²) in [6, 6.07) is 9.81. The molecule has 1 aromatic carbocycles. The van der Waals surface area contributed by atoms with Gasteiger partial charge >= 0.3 is 0 Å². The Hall–Kier alpha value is 0.450. The summed E-state index contributed by atoms with van der Waals surface area (Å²) in [4.78, 5) is 0. The molecule has 0 heterocycles. The topological polar surface area (TPSA) is 0 Å². The quantitative estimate of drug-likeness (QED) is 0.686. The average Bonchev–Trinajstić information content (AvgIpc) is 1.85. The predicted molar refractivity (Wildman–Crippen MR) is 56.1 cm³/mol. The molecule has 0 aliphatic heterocycles. The predicted octanol–water partition coefficient (Wildman–Crippen LogP) is 3.97. The molecule has 0 unspecified atom stereocenters. The maximum absolute atomic E-state index is 5.76. The van der Waals surface area contributed by atoms with Crippen molar-refractivity contribution in [3.63, 3.8) is 0 Å². The van der Waals surface area contributed by atoms with Crippen molar-refractivity contribution in [2.24, 2.45) is 0 Å². The van der Waals surface area contributed by atoms with Crippen LogP contribution in [-0.2, 0) is 18.0 Å². The molecule has 0 aromatic heterocycles. The highest BCUT2D eigenvalue weighted by molar-refractivity contribution is 8.38. The van der Waals surface area contributed by atoms with Gasteiger partial charge in [0.15, 0.2) is 0 Å². The Morgan fingerprint density at radius 2 is 1.73 bits per heavy atom. The van der Waals surface area contributed by atoms with E-state index in [1.54, 1.807) is 0 Å². The minimum absolute atomic E-state index is 0.617. The standard InChI is InChI=1S/C7H7Cl2PS/c8-10(9,11)6-7-4-2-1-3-5-7/h1-5H,6H2. The molecule has 0 aliphatic rings. The largest absolute Gasteiger partial charge is 0.124 e. The van der Waals surface area contributed by atoms with Crippen LogP contribution in [0.4, 0.5) is 0 Å². The van der Waals surface area contributed by atoms with Crippen LogP contribution in [0.5, 0.6) is 0 Å². The van der Waals surface area contributed by atoms with Gasteiger partial charge in [0.25, 0.3) is 0 Å². The van der Waals surface area contributed by atoms with Crippen LogP contribution in [0, 0.1) is 0 Å². The van der Waals surface area contributed by atoms with Crippen molar-refractivity contribution in [1.29, 1.82) is 0 Å². The molecule has 0 radical (unpaired) electrons. The van der Waals surface area contributed by atoms with Gasteiger partial charge in [-0.3, -0.25) is 0 Å². The van der Waals surface area contributed by atoms with Crippen LogP contribution >= 0.6 is 27.2 Å². The van der Waals surface area contributed by atoms with Gasteiger partial charge in [-0.1, -0.05) is 64.6 Å². The molecule has 0 saturated heterocycles. The van der Waals surface area contributed by atoms with Gasteiger partial charge in [-0.25, -0.2) is 0 Å². The minimum Gasteiger partial charge on any atom is -0.0680 e. The Morgan fingerprint density at radius 1 is 1.18 bits per heavy atom. The fourth-order valence-electron chi connectivity index (χ4n) is 0.796. The van der Waals surface area contributed by atoms with E-state index in [4.69, 9.17) is 34.3 Å². The van der Waals surface area contributed by atoms with Gasteiger partial charge in [-0.2, -0.15) is 0 Å². The van der Waals surface area contributed by atoms with E-state index in [9.17, 15) is 0 Å². The zero-order chi connectivity index (χ0) is 8.32. The van der Waals surface area contributed by atoms with Gasteiger partial charge in [0.2, 0.25) is 0 Å². The molecule has 0 aliphatic carbocycles. The fraction of sp³-hybridized carbons (Fsp3) is 0.143. The summed E-state index contributed by atoms with van der Waals surface area (Å²) in [6.45, 7) is 0. The van der Waals surface area contributed by atoms with E-state index in [1.165, 1.54) is 0 Å². The molecule has 0 nitrogen and oxygen atoms in total. The van der Waals surface area contributed by atoms with E-state index in [0.29, 0.717) is 6.16 Å². The van der Waals surface area contributed by atoms with E-state index in [0.717, 1.165) is 5.56 Å². The van der Waals surface area contributed by atoms with Crippen molar-refractivity contribution in [2.45, 2.75) is 6.16 Å². The van der Waals surface area contributed by atoms with Crippen LogP contribution in [0.2, 0.25) is 0 Å². The molecule has 0 N–H and O–H groups in total. The summed E-state index contributed by atoms with van der Waals surface area (Å²) in [5, 5.41) is 0. The van der Waals surface area contributed by atoms with Gasteiger partial charge in [-0.15, -0.1) is 0 Å². The second-order valence-corrected chi connectivity index (χ2v) is 10.7. The van der Waals surface area contributed by atoms with Crippen molar-refractivity contribution in [3.05, 3.63) is 35.9 Å². The fourth-order valence-corrected chi connectivity index (χ4v) is 2.71. The van der Waals surface area contributed by atoms with Crippen LogP contribution in [0.25, 0.3) is 0 Å². The monoisotopic (exact) mass is 224 g/mol. The second kappa shape index (κ2) is 3.91. The summed E-state index contributed by atoms with van der Waals surface area (Å²) in [5.74, 6) is 0. The number of benzene rings is 1. The second-order valence-electron chi connectivity index (χ2n) is 2.21. The summed E-state index contributed by atoms with van der Waals surface area (Å²) < 4.78 is -2.11. The molecule has 4 heteroatoms. The Labute approximate surface area is 81.1 Å².